The number of fused-ring (bicyclic) bond motifs is 2. The fourth-order valence-corrected chi connectivity index (χ4v) is 8.01. The van der Waals surface area contributed by atoms with E-state index in [1.54, 1.807) is 0 Å². The third-order valence-corrected chi connectivity index (χ3v) is 9.16. The maximum absolute atomic E-state index is 13.6. The Morgan fingerprint density at radius 1 is 1.28 bits per heavy atom. The van der Waals surface area contributed by atoms with Crippen molar-refractivity contribution in [3.63, 3.8) is 0 Å². The molecule has 6 fully saturated rings. The van der Waals surface area contributed by atoms with Crippen LogP contribution in [0.3, 0.4) is 0 Å². The summed E-state index contributed by atoms with van der Waals surface area (Å²) in [5.41, 5.74) is -4.01. The van der Waals surface area contributed by atoms with Gasteiger partial charge in [0.25, 0.3) is 0 Å². The van der Waals surface area contributed by atoms with E-state index in [1.807, 2.05) is 0 Å². The quantitative estimate of drug-likeness (QED) is 0.441. The summed E-state index contributed by atoms with van der Waals surface area (Å²) >= 11 is 0. The standard InChI is InChI=1S/C22H30O7/c1-11-17(25)21-9-19(11,26)7-13(29-12(2)23)16(21)20-10-28-22(21,27)8-14(20)18(3,4)6-5-15(20)24/h13-16,24,26-27H,1,5-10H2,2-4H3. The molecule has 160 valence electrons. The Hall–Kier alpha value is -1.28. The minimum atomic E-state index is -1.79. The predicted molar refractivity (Wildman–Crippen MR) is 100 cm³/mol. The molecule has 6 rings (SSSR count). The number of esters is 1. The zero-order valence-corrected chi connectivity index (χ0v) is 17.2. The molecule has 3 N–H and O–H groups in total. The normalized spacial score (nSPS) is 54.7. The Labute approximate surface area is 170 Å². The van der Waals surface area contributed by atoms with Gasteiger partial charge in [-0.25, -0.2) is 0 Å². The highest BCUT2D eigenvalue weighted by Gasteiger charge is 2.85. The van der Waals surface area contributed by atoms with Crippen LogP contribution in [0.25, 0.3) is 0 Å². The molecule has 0 radical (unpaired) electrons. The van der Waals surface area contributed by atoms with Crippen LogP contribution in [0.1, 0.15) is 52.9 Å². The topological polar surface area (TPSA) is 113 Å². The minimum Gasteiger partial charge on any atom is -0.462 e. The zero-order valence-electron chi connectivity index (χ0n) is 17.2. The first-order valence-electron chi connectivity index (χ1n) is 10.5. The average molecular weight is 406 g/mol. The highest BCUT2D eigenvalue weighted by Crippen LogP contribution is 2.77. The Balaban J connectivity index is 1.78. The van der Waals surface area contributed by atoms with E-state index in [2.05, 4.69) is 20.4 Å². The summed E-state index contributed by atoms with van der Waals surface area (Å²) in [6.07, 6.45) is 0.00692. The summed E-state index contributed by atoms with van der Waals surface area (Å²) < 4.78 is 11.7. The van der Waals surface area contributed by atoms with Crippen molar-refractivity contribution in [1.29, 1.82) is 0 Å². The second kappa shape index (κ2) is 5.31. The van der Waals surface area contributed by atoms with Crippen molar-refractivity contribution in [3.05, 3.63) is 12.2 Å². The van der Waals surface area contributed by atoms with Crippen molar-refractivity contribution >= 4 is 11.8 Å². The van der Waals surface area contributed by atoms with Crippen LogP contribution in [0.4, 0.5) is 0 Å². The maximum Gasteiger partial charge on any atom is 0.302 e. The Morgan fingerprint density at radius 2 is 1.97 bits per heavy atom. The molecule has 0 amide bonds. The van der Waals surface area contributed by atoms with E-state index in [0.29, 0.717) is 6.42 Å². The molecule has 8 atom stereocenters. The first-order valence-corrected chi connectivity index (χ1v) is 10.5. The van der Waals surface area contributed by atoms with Gasteiger partial charge in [-0.15, -0.1) is 0 Å². The van der Waals surface area contributed by atoms with Crippen LogP contribution in [0.2, 0.25) is 0 Å². The van der Waals surface area contributed by atoms with Crippen molar-refractivity contribution in [2.45, 2.75) is 76.5 Å². The second-order valence-electron chi connectivity index (χ2n) is 10.8. The number of rotatable bonds is 1. The van der Waals surface area contributed by atoms with Crippen molar-refractivity contribution in [2.75, 3.05) is 6.61 Å². The summed E-state index contributed by atoms with van der Waals surface area (Å²) in [4.78, 5) is 25.6. The molecular formula is C22H30O7. The average Bonchev–Trinajstić information content (AvgIpc) is 2.77. The lowest BCUT2D eigenvalue weighted by atomic mass is 9.36. The predicted octanol–water partition coefficient (Wildman–Crippen LogP) is 1.09. The molecule has 2 saturated heterocycles. The molecule has 7 heteroatoms. The molecule has 2 heterocycles. The second-order valence-corrected chi connectivity index (χ2v) is 10.8. The van der Waals surface area contributed by atoms with Gasteiger partial charge < -0.3 is 24.8 Å². The number of carbonyl (C=O) groups is 2. The van der Waals surface area contributed by atoms with Gasteiger partial charge in [0.15, 0.2) is 11.6 Å². The van der Waals surface area contributed by atoms with Crippen molar-refractivity contribution in [1.82, 2.24) is 0 Å². The van der Waals surface area contributed by atoms with Crippen LogP contribution >= 0.6 is 0 Å². The van der Waals surface area contributed by atoms with E-state index in [4.69, 9.17) is 9.47 Å². The lowest BCUT2D eigenvalue weighted by molar-refractivity contribution is -0.426. The van der Waals surface area contributed by atoms with Crippen LogP contribution < -0.4 is 0 Å². The lowest BCUT2D eigenvalue weighted by Crippen LogP contribution is -2.80. The molecule has 7 nitrogen and oxygen atoms in total. The van der Waals surface area contributed by atoms with Crippen molar-refractivity contribution in [2.24, 2.45) is 28.1 Å². The molecule has 0 aromatic carbocycles. The van der Waals surface area contributed by atoms with Crippen molar-refractivity contribution in [3.8, 4) is 0 Å². The van der Waals surface area contributed by atoms with Gasteiger partial charge in [0.1, 0.15) is 6.10 Å². The number of aliphatic hydroxyl groups is 3. The van der Waals surface area contributed by atoms with E-state index in [-0.39, 0.29) is 42.8 Å². The van der Waals surface area contributed by atoms with Crippen LogP contribution in [0.15, 0.2) is 12.2 Å². The molecule has 2 spiro atoms. The molecule has 29 heavy (non-hydrogen) atoms. The number of hydrogen-bond acceptors (Lipinski definition) is 7. The molecule has 0 aromatic heterocycles. The fourth-order valence-electron chi connectivity index (χ4n) is 8.01. The number of carbonyl (C=O) groups excluding carboxylic acids is 2. The lowest BCUT2D eigenvalue weighted by Gasteiger charge is -2.73. The molecule has 6 aliphatic rings. The fraction of sp³-hybridized carbons (Fsp3) is 0.818. The Bertz CT molecular complexity index is 835. The van der Waals surface area contributed by atoms with Crippen LogP contribution in [-0.4, -0.2) is 57.3 Å². The maximum atomic E-state index is 13.6. The van der Waals surface area contributed by atoms with Gasteiger partial charge in [-0.05, 0) is 30.6 Å². The van der Waals surface area contributed by atoms with Gasteiger partial charge >= 0.3 is 5.97 Å². The van der Waals surface area contributed by atoms with Gasteiger partial charge in [0.05, 0.1) is 23.7 Å². The molecule has 2 aliphatic heterocycles. The first-order chi connectivity index (χ1) is 13.3. The number of hydrogen-bond donors (Lipinski definition) is 3. The molecular weight excluding hydrogens is 376 g/mol. The monoisotopic (exact) mass is 406 g/mol. The van der Waals surface area contributed by atoms with Gasteiger partial charge in [-0.2, -0.15) is 0 Å². The summed E-state index contributed by atoms with van der Waals surface area (Å²) in [5.74, 6) is -3.48. The third kappa shape index (κ3) is 1.98. The highest BCUT2D eigenvalue weighted by molar-refractivity contribution is 6.06. The largest absolute Gasteiger partial charge is 0.462 e. The summed E-state index contributed by atoms with van der Waals surface area (Å²) in [6, 6.07) is 0. The number of aliphatic hydroxyl groups excluding tert-OH is 1. The van der Waals surface area contributed by atoms with Crippen LogP contribution in [0.5, 0.6) is 0 Å². The summed E-state index contributed by atoms with van der Waals surface area (Å²) in [5, 5.41) is 34.4. The van der Waals surface area contributed by atoms with Crippen LogP contribution in [-0.2, 0) is 19.1 Å². The number of ether oxygens (including phenoxy) is 2. The van der Waals surface area contributed by atoms with Gasteiger partial charge in [-0.1, -0.05) is 20.4 Å². The van der Waals surface area contributed by atoms with E-state index >= 15 is 0 Å². The summed E-state index contributed by atoms with van der Waals surface area (Å²) in [6.45, 7) is 9.49. The highest BCUT2D eigenvalue weighted by atomic mass is 16.6. The van der Waals surface area contributed by atoms with Crippen LogP contribution in [0, 0.1) is 28.1 Å². The Morgan fingerprint density at radius 3 is 2.62 bits per heavy atom. The SMILES string of the molecule is C=C1C(=O)C23CC1(O)CC(OC(C)=O)C2C12COC3(O)CC1C(C)(C)CCC2O. The first kappa shape index (κ1) is 19.7. The zero-order chi connectivity index (χ0) is 21.2. The van der Waals surface area contributed by atoms with Gasteiger partial charge in [0.2, 0.25) is 0 Å². The van der Waals surface area contributed by atoms with E-state index in [9.17, 15) is 24.9 Å². The van der Waals surface area contributed by atoms with Crippen molar-refractivity contribution < 1.29 is 34.4 Å². The molecule has 0 aromatic rings. The smallest absolute Gasteiger partial charge is 0.302 e. The number of Topliss-reactive ketones (excluding diaryl/α,β-unsaturated/α-hetero) is 1. The minimum absolute atomic E-state index is 0.0157. The third-order valence-electron chi connectivity index (χ3n) is 9.16. The Kier molecular flexibility index (Phi) is 3.60. The van der Waals surface area contributed by atoms with E-state index in [1.165, 1.54) is 6.92 Å². The molecule has 4 aliphatic carbocycles. The number of ketones is 1. The van der Waals surface area contributed by atoms with E-state index in [0.717, 1.165) is 6.42 Å². The molecule has 4 bridgehead atoms. The van der Waals surface area contributed by atoms with E-state index < -0.39 is 52.1 Å². The molecule has 8 unspecified atom stereocenters. The molecule has 4 saturated carbocycles. The summed E-state index contributed by atoms with van der Waals surface area (Å²) in [7, 11) is 0. The van der Waals surface area contributed by atoms with Gasteiger partial charge in [-0.3, -0.25) is 9.59 Å². The van der Waals surface area contributed by atoms with Gasteiger partial charge in [0, 0.05) is 36.7 Å².